The number of halogens is 1. The quantitative estimate of drug-likeness (QED) is 0.619. The molecule has 3 radical (unpaired) electrons. The van der Waals surface area contributed by atoms with Gasteiger partial charge >= 0.3 is 0 Å². The highest BCUT2D eigenvalue weighted by atomic mass is 35.5. The largest absolute Gasteiger partial charge is 0.508 e. The summed E-state index contributed by atoms with van der Waals surface area (Å²) in [7, 11) is 0. The predicted octanol–water partition coefficient (Wildman–Crippen LogP) is 2.85. The van der Waals surface area contributed by atoms with Crippen LogP contribution in [0.2, 0.25) is 0 Å². The van der Waals surface area contributed by atoms with Crippen LogP contribution >= 0.6 is 12.4 Å². The highest BCUT2D eigenvalue weighted by Crippen LogP contribution is 2.32. The van der Waals surface area contributed by atoms with Crippen molar-refractivity contribution < 1.29 is 9.90 Å². The van der Waals surface area contributed by atoms with Crippen molar-refractivity contribution in [2.75, 3.05) is 0 Å². The molecule has 4 heteroatoms. The Hall–Kier alpha value is -0.488. The third kappa shape index (κ3) is 3.83. The average molecular weight is 256 g/mol. The molecule has 16 heavy (non-hydrogen) atoms. The van der Waals surface area contributed by atoms with E-state index in [1.807, 2.05) is 27.7 Å². The first-order valence-electron chi connectivity index (χ1n) is 4.65. The number of hydrogen-bond donors (Lipinski definition) is 1. The highest BCUT2D eigenvalue weighted by Gasteiger charge is 2.19. The van der Waals surface area contributed by atoms with Gasteiger partial charge in [0.1, 0.15) is 12.0 Å². The molecule has 0 fully saturated rings. The van der Waals surface area contributed by atoms with Crippen LogP contribution in [0.5, 0.6) is 5.75 Å². The first-order chi connectivity index (χ1) is 6.36. The van der Waals surface area contributed by atoms with Gasteiger partial charge in [0.25, 0.3) is 0 Å². The smallest absolute Gasteiger partial charge is 0.150 e. The number of aryl methyl sites for hydroxylation is 1. The number of aldehydes is 1. The average Bonchev–Trinajstić information content (AvgIpc) is 2.02. The fourth-order valence-corrected chi connectivity index (χ4v) is 1.44. The number of phenolic OH excluding ortho intramolecular Hbond substituents is 1. The first kappa shape index (κ1) is 17.9. The third-order valence-electron chi connectivity index (χ3n) is 2.32. The van der Waals surface area contributed by atoms with Crippen LogP contribution in [0, 0.1) is 6.92 Å². The van der Waals surface area contributed by atoms with Crippen molar-refractivity contribution in [2.24, 2.45) is 0 Å². The van der Waals surface area contributed by atoms with E-state index in [1.54, 1.807) is 12.1 Å². The van der Waals surface area contributed by atoms with Gasteiger partial charge in [0.05, 0.1) is 0 Å². The number of hydrogen-bond acceptors (Lipinski definition) is 2. The maximum Gasteiger partial charge on any atom is 0.150 e. The van der Waals surface area contributed by atoms with Crippen molar-refractivity contribution in [2.45, 2.75) is 33.1 Å². The summed E-state index contributed by atoms with van der Waals surface area (Å²) in [5.74, 6) is 0.264. The Bertz CT molecular complexity index is 370. The van der Waals surface area contributed by atoms with E-state index in [2.05, 4.69) is 0 Å². The molecule has 0 unspecified atom stereocenters. The van der Waals surface area contributed by atoms with Crippen molar-refractivity contribution >= 4 is 36.1 Å². The number of aromatic hydroxyl groups is 1. The molecule has 1 aromatic rings. The van der Waals surface area contributed by atoms with Crippen LogP contribution in [0.4, 0.5) is 0 Å². The van der Waals surface area contributed by atoms with E-state index in [9.17, 15) is 9.90 Å². The Morgan fingerprint density at radius 2 is 1.75 bits per heavy atom. The highest BCUT2D eigenvalue weighted by molar-refractivity contribution is 5.85. The topological polar surface area (TPSA) is 37.3 Å². The summed E-state index contributed by atoms with van der Waals surface area (Å²) >= 11 is 0. The van der Waals surface area contributed by atoms with E-state index in [0.717, 1.165) is 17.4 Å². The standard InChI is InChI=1S/C12H16O2.Al.ClH/c1-8-5-11(14)10(12(2,3)4)6-9(8)7-13;;/h5-7,14H,1-4H3;;1H. The molecule has 1 rings (SSSR count). The minimum atomic E-state index is -0.143. The van der Waals surface area contributed by atoms with Crippen LogP contribution in [0.25, 0.3) is 0 Å². The van der Waals surface area contributed by atoms with Crippen molar-refractivity contribution in [1.29, 1.82) is 0 Å². The van der Waals surface area contributed by atoms with Gasteiger partial charge in [-0.15, -0.1) is 12.4 Å². The van der Waals surface area contributed by atoms with E-state index in [-0.39, 0.29) is 40.9 Å². The van der Waals surface area contributed by atoms with Crippen LogP contribution in [-0.2, 0) is 5.41 Å². The van der Waals surface area contributed by atoms with E-state index < -0.39 is 0 Å². The van der Waals surface area contributed by atoms with E-state index in [4.69, 9.17) is 0 Å². The number of carbonyl (C=O) groups is 1. The summed E-state index contributed by atoms with van der Waals surface area (Å²) in [6, 6.07) is 3.40. The molecule has 0 aliphatic rings. The summed E-state index contributed by atoms with van der Waals surface area (Å²) in [5, 5.41) is 9.73. The van der Waals surface area contributed by atoms with Gasteiger partial charge in [-0.1, -0.05) is 20.8 Å². The van der Waals surface area contributed by atoms with E-state index in [0.29, 0.717) is 5.56 Å². The zero-order valence-corrected chi connectivity index (χ0v) is 12.0. The second-order valence-corrected chi connectivity index (χ2v) is 4.59. The summed E-state index contributed by atoms with van der Waals surface area (Å²) in [5.41, 5.74) is 2.12. The summed E-state index contributed by atoms with van der Waals surface area (Å²) < 4.78 is 0. The first-order valence-corrected chi connectivity index (χ1v) is 4.65. The van der Waals surface area contributed by atoms with Gasteiger partial charge in [-0.25, -0.2) is 0 Å². The number of carbonyl (C=O) groups excluding carboxylic acids is 1. The molecule has 0 heterocycles. The second-order valence-electron chi connectivity index (χ2n) is 4.59. The van der Waals surface area contributed by atoms with Gasteiger partial charge in [0.15, 0.2) is 0 Å². The van der Waals surface area contributed by atoms with Crippen LogP contribution in [0.3, 0.4) is 0 Å². The molecule has 0 spiro atoms. The number of rotatable bonds is 1. The molecule has 0 saturated heterocycles. The predicted molar refractivity (Wildman–Crippen MR) is 69.9 cm³/mol. The molecule has 0 amide bonds. The number of phenols is 1. The van der Waals surface area contributed by atoms with Crippen LogP contribution in [0.1, 0.15) is 42.3 Å². The van der Waals surface area contributed by atoms with Crippen molar-refractivity contribution in [3.63, 3.8) is 0 Å². The lowest BCUT2D eigenvalue weighted by atomic mass is 9.84. The molecule has 0 atom stereocenters. The Labute approximate surface area is 114 Å². The maximum atomic E-state index is 10.7. The Morgan fingerprint density at radius 1 is 1.25 bits per heavy atom. The zero-order valence-electron chi connectivity index (χ0n) is 10.1. The minimum Gasteiger partial charge on any atom is -0.508 e. The summed E-state index contributed by atoms with van der Waals surface area (Å²) in [6.45, 7) is 7.83. The lowest BCUT2D eigenvalue weighted by Gasteiger charge is -2.21. The van der Waals surface area contributed by atoms with Gasteiger partial charge in [0.2, 0.25) is 0 Å². The van der Waals surface area contributed by atoms with Gasteiger partial charge in [0, 0.05) is 22.9 Å². The molecule has 1 N–H and O–H groups in total. The van der Waals surface area contributed by atoms with Crippen molar-refractivity contribution in [3.05, 3.63) is 28.8 Å². The van der Waals surface area contributed by atoms with Crippen LogP contribution in [0.15, 0.2) is 12.1 Å². The van der Waals surface area contributed by atoms with Gasteiger partial charge in [-0.05, 0) is 35.6 Å². The number of benzene rings is 1. The SMILES string of the molecule is Cc1cc(O)c(C(C)(C)C)cc1C=O.Cl.[Al]. The van der Waals surface area contributed by atoms with Gasteiger partial charge < -0.3 is 5.11 Å². The molecule has 0 aliphatic heterocycles. The maximum absolute atomic E-state index is 10.7. The van der Waals surface area contributed by atoms with E-state index >= 15 is 0 Å². The van der Waals surface area contributed by atoms with Gasteiger partial charge in [-0.3, -0.25) is 4.79 Å². The third-order valence-corrected chi connectivity index (χ3v) is 2.32. The fourth-order valence-electron chi connectivity index (χ4n) is 1.44. The van der Waals surface area contributed by atoms with E-state index in [1.165, 1.54) is 0 Å². The normalized spacial score (nSPS) is 10.0. The molecular formula is C12H17AlClO2. The Kier molecular flexibility index (Phi) is 7.04. The summed E-state index contributed by atoms with van der Waals surface area (Å²) in [6.07, 6.45) is 0.823. The zero-order chi connectivity index (χ0) is 10.9. The molecule has 0 aromatic heterocycles. The summed E-state index contributed by atoms with van der Waals surface area (Å²) in [4.78, 5) is 10.7. The van der Waals surface area contributed by atoms with Crippen molar-refractivity contribution in [3.8, 4) is 5.75 Å². The molecule has 1 aromatic carbocycles. The Morgan fingerprint density at radius 3 is 2.12 bits per heavy atom. The molecule has 0 aliphatic carbocycles. The molecular weight excluding hydrogens is 239 g/mol. The molecule has 2 nitrogen and oxygen atoms in total. The molecule has 0 saturated carbocycles. The van der Waals surface area contributed by atoms with Gasteiger partial charge in [-0.2, -0.15) is 0 Å². The van der Waals surface area contributed by atoms with Crippen LogP contribution in [-0.4, -0.2) is 28.8 Å². The fraction of sp³-hybridized carbons (Fsp3) is 0.417. The lowest BCUT2D eigenvalue weighted by molar-refractivity contribution is 0.112. The lowest BCUT2D eigenvalue weighted by Crippen LogP contribution is -2.12. The molecule has 0 bridgehead atoms. The van der Waals surface area contributed by atoms with Crippen LogP contribution < -0.4 is 0 Å². The van der Waals surface area contributed by atoms with Crippen molar-refractivity contribution in [1.82, 2.24) is 0 Å². The monoisotopic (exact) mass is 255 g/mol. The second kappa shape index (κ2) is 6.30. The minimum absolute atomic E-state index is 0. The Balaban J connectivity index is 0. The molecule has 87 valence electrons.